The number of carbonyl (C=O) groups excluding carboxylic acids is 3. The highest BCUT2D eigenvalue weighted by molar-refractivity contribution is 7.80. The van der Waals surface area contributed by atoms with Crippen LogP contribution < -0.4 is 0 Å². The summed E-state index contributed by atoms with van der Waals surface area (Å²) in [5.41, 5.74) is 0. The van der Waals surface area contributed by atoms with Gasteiger partial charge in [0.05, 0.1) is 26.2 Å². The first-order valence-corrected chi connectivity index (χ1v) is 7.68. The van der Waals surface area contributed by atoms with Crippen LogP contribution in [-0.2, 0) is 33.3 Å². The van der Waals surface area contributed by atoms with Gasteiger partial charge in [0.25, 0.3) is 0 Å². The molecule has 8 heteroatoms. The summed E-state index contributed by atoms with van der Waals surface area (Å²) in [6.07, 6.45) is -0.487. The molecule has 2 unspecified atom stereocenters. The lowest BCUT2D eigenvalue weighted by atomic mass is 10.1. The number of Topliss-reactive ketones (excluding diaryl/α,β-unsaturated/α-hetero) is 1. The SMILES string of the molecule is CC(=O)C(C)C(=O)OC(C)OCCOCCOC(=O)CCS. The molecule has 7 nitrogen and oxygen atoms in total. The number of hydrogen-bond acceptors (Lipinski definition) is 8. The Morgan fingerprint density at radius 1 is 1.05 bits per heavy atom. The van der Waals surface area contributed by atoms with Gasteiger partial charge < -0.3 is 18.9 Å². The second kappa shape index (κ2) is 12.4. The Kier molecular flexibility index (Phi) is 11.8. The maximum atomic E-state index is 11.5. The Bertz CT molecular complexity index is 359. The number of ketones is 1. The van der Waals surface area contributed by atoms with E-state index in [4.69, 9.17) is 18.9 Å². The highest BCUT2D eigenvalue weighted by atomic mass is 32.1. The minimum Gasteiger partial charge on any atom is -0.463 e. The van der Waals surface area contributed by atoms with Gasteiger partial charge in [-0.25, -0.2) is 0 Å². The first-order chi connectivity index (χ1) is 10.4. The molecule has 0 N–H and O–H groups in total. The molecule has 0 bridgehead atoms. The zero-order chi connectivity index (χ0) is 17.0. The predicted octanol–water partition coefficient (Wildman–Crippen LogP) is 0.997. The van der Waals surface area contributed by atoms with Gasteiger partial charge in [0.2, 0.25) is 0 Å². The van der Waals surface area contributed by atoms with Crippen LogP contribution in [0.15, 0.2) is 0 Å². The van der Waals surface area contributed by atoms with Crippen LogP contribution in [0, 0.1) is 5.92 Å². The largest absolute Gasteiger partial charge is 0.463 e. The maximum absolute atomic E-state index is 11.5. The lowest BCUT2D eigenvalue weighted by molar-refractivity contribution is -0.181. The number of hydrogen-bond donors (Lipinski definition) is 1. The van der Waals surface area contributed by atoms with Crippen molar-refractivity contribution >= 4 is 30.4 Å². The summed E-state index contributed by atoms with van der Waals surface area (Å²) in [5.74, 6) is -1.53. The molecule has 0 aliphatic heterocycles. The number of carbonyl (C=O) groups is 3. The lowest BCUT2D eigenvalue weighted by Gasteiger charge is -2.16. The average molecular weight is 336 g/mol. The summed E-state index contributed by atoms with van der Waals surface area (Å²) < 4.78 is 20.2. The quantitative estimate of drug-likeness (QED) is 0.187. The fraction of sp³-hybridized carbons (Fsp3) is 0.786. The molecule has 0 saturated carbocycles. The summed E-state index contributed by atoms with van der Waals surface area (Å²) >= 11 is 3.91. The van der Waals surface area contributed by atoms with E-state index >= 15 is 0 Å². The minimum atomic E-state index is -0.797. The molecule has 0 radical (unpaired) electrons. The van der Waals surface area contributed by atoms with Crippen molar-refractivity contribution in [2.24, 2.45) is 5.92 Å². The van der Waals surface area contributed by atoms with Crippen LogP contribution in [-0.4, -0.2) is 56.2 Å². The second-order valence-corrected chi connectivity index (χ2v) is 4.96. The van der Waals surface area contributed by atoms with E-state index in [2.05, 4.69) is 12.6 Å². The first kappa shape index (κ1) is 20.9. The van der Waals surface area contributed by atoms with Gasteiger partial charge in [-0.3, -0.25) is 14.4 Å². The molecule has 0 aromatic rings. The standard InChI is InChI=1S/C14H24O7S/c1-10(11(2)15)14(17)21-12(3)19-7-5-18-6-8-20-13(16)4-9-22/h10,12,22H,4-9H2,1-3H3. The summed E-state index contributed by atoms with van der Waals surface area (Å²) in [7, 11) is 0. The van der Waals surface area contributed by atoms with Gasteiger partial charge in [-0.15, -0.1) is 0 Å². The molecule has 2 atom stereocenters. The fourth-order valence-electron chi connectivity index (χ4n) is 1.22. The van der Waals surface area contributed by atoms with Gasteiger partial charge in [0.15, 0.2) is 6.29 Å². The number of thiol groups is 1. The third-order valence-corrected chi connectivity index (χ3v) is 2.86. The summed E-state index contributed by atoms with van der Waals surface area (Å²) in [6.45, 7) is 5.29. The van der Waals surface area contributed by atoms with E-state index in [1.165, 1.54) is 13.8 Å². The Balaban J connectivity index is 3.57. The molecule has 0 spiro atoms. The Morgan fingerprint density at radius 3 is 2.27 bits per heavy atom. The van der Waals surface area contributed by atoms with E-state index in [1.54, 1.807) is 6.92 Å². The van der Waals surface area contributed by atoms with Gasteiger partial charge in [0, 0.05) is 5.75 Å². The van der Waals surface area contributed by atoms with Gasteiger partial charge in [-0.05, 0) is 20.8 Å². The van der Waals surface area contributed by atoms with Crippen molar-refractivity contribution < 1.29 is 33.3 Å². The lowest BCUT2D eigenvalue weighted by Crippen LogP contribution is -2.27. The summed E-state index contributed by atoms with van der Waals surface area (Å²) in [5, 5.41) is 0. The molecule has 128 valence electrons. The molecule has 0 heterocycles. The van der Waals surface area contributed by atoms with E-state index in [0.717, 1.165) is 0 Å². The van der Waals surface area contributed by atoms with Crippen LogP contribution >= 0.6 is 12.6 Å². The maximum Gasteiger partial charge on any atom is 0.318 e. The highest BCUT2D eigenvalue weighted by Gasteiger charge is 2.21. The zero-order valence-electron chi connectivity index (χ0n) is 13.2. The van der Waals surface area contributed by atoms with E-state index in [1.807, 2.05) is 0 Å². The first-order valence-electron chi connectivity index (χ1n) is 7.05. The van der Waals surface area contributed by atoms with Gasteiger partial charge in [0.1, 0.15) is 18.3 Å². The van der Waals surface area contributed by atoms with Crippen LogP contribution in [0.5, 0.6) is 0 Å². The fourth-order valence-corrected chi connectivity index (χ4v) is 1.40. The molecule has 0 rings (SSSR count). The Labute approximate surface area is 136 Å². The van der Waals surface area contributed by atoms with Gasteiger partial charge >= 0.3 is 11.9 Å². The molecule has 0 fully saturated rings. The predicted molar refractivity (Wildman–Crippen MR) is 81.6 cm³/mol. The topological polar surface area (TPSA) is 88.1 Å². The van der Waals surface area contributed by atoms with Crippen molar-refractivity contribution in [1.29, 1.82) is 0 Å². The summed E-state index contributed by atoms with van der Waals surface area (Å²) in [6, 6.07) is 0. The molecular formula is C14H24O7S. The van der Waals surface area contributed by atoms with Crippen molar-refractivity contribution in [1.82, 2.24) is 0 Å². The highest BCUT2D eigenvalue weighted by Crippen LogP contribution is 2.04. The van der Waals surface area contributed by atoms with Crippen molar-refractivity contribution in [2.45, 2.75) is 33.5 Å². The second-order valence-electron chi connectivity index (χ2n) is 4.51. The van der Waals surface area contributed by atoms with Crippen molar-refractivity contribution in [3.63, 3.8) is 0 Å². The van der Waals surface area contributed by atoms with Crippen LogP contribution in [0.4, 0.5) is 0 Å². The zero-order valence-corrected chi connectivity index (χ0v) is 14.1. The Hall–Kier alpha value is -1.12. The molecule has 0 aliphatic carbocycles. The molecule has 0 aliphatic rings. The van der Waals surface area contributed by atoms with Crippen LogP contribution in [0.1, 0.15) is 27.2 Å². The number of esters is 2. The van der Waals surface area contributed by atoms with E-state index in [0.29, 0.717) is 5.75 Å². The molecule has 22 heavy (non-hydrogen) atoms. The van der Waals surface area contributed by atoms with E-state index in [9.17, 15) is 14.4 Å². The monoisotopic (exact) mass is 336 g/mol. The third-order valence-electron chi connectivity index (χ3n) is 2.63. The minimum absolute atomic E-state index is 0.174. The normalized spacial score (nSPS) is 13.3. The average Bonchev–Trinajstić information content (AvgIpc) is 2.45. The molecule has 0 aromatic heterocycles. The van der Waals surface area contributed by atoms with Crippen LogP contribution in [0.3, 0.4) is 0 Å². The van der Waals surface area contributed by atoms with Gasteiger partial charge in [-0.2, -0.15) is 12.6 Å². The summed E-state index contributed by atoms with van der Waals surface area (Å²) in [4.78, 5) is 33.5. The van der Waals surface area contributed by atoms with E-state index < -0.39 is 18.2 Å². The molecule has 0 saturated heterocycles. The number of rotatable bonds is 12. The molecular weight excluding hydrogens is 312 g/mol. The molecule has 0 amide bonds. The van der Waals surface area contributed by atoms with Gasteiger partial charge in [-0.1, -0.05) is 0 Å². The van der Waals surface area contributed by atoms with Crippen LogP contribution in [0.25, 0.3) is 0 Å². The number of ether oxygens (including phenoxy) is 4. The van der Waals surface area contributed by atoms with Crippen LogP contribution in [0.2, 0.25) is 0 Å². The van der Waals surface area contributed by atoms with Crippen molar-refractivity contribution in [3.05, 3.63) is 0 Å². The molecule has 0 aromatic carbocycles. The smallest absolute Gasteiger partial charge is 0.318 e. The van der Waals surface area contributed by atoms with Crippen molar-refractivity contribution in [3.8, 4) is 0 Å². The third kappa shape index (κ3) is 10.6. The van der Waals surface area contributed by atoms with E-state index in [-0.39, 0.29) is 44.6 Å². The van der Waals surface area contributed by atoms with Crippen molar-refractivity contribution in [2.75, 3.05) is 32.2 Å². The Morgan fingerprint density at radius 2 is 1.68 bits per heavy atom.